The van der Waals surface area contributed by atoms with E-state index in [1.165, 1.54) is 16.9 Å². The predicted molar refractivity (Wildman–Crippen MR) is 82.7 cm³/mol. The van der Waals surface area contributed by atoms with Gasteiger partial charge in [0.05, 0.1) is 17.0 Å². The van der Waals surface area contributed by atoms with Gasteiger partial charge in [-0.05, 0) is 18.1 Å². The van der Waals surface area contributed by atoms with Crippen LogP contribution in [-0.2, 0) is 6.42 Å². The number of hydrogen-bond donors (Lipinski definition) is 2. The second-order valence-electron chi connectivity index (χ2n) is 4.20. The van der Waals surface area contributed by atoms with Gasteiger partial charge in [0.1, 0.15) is 0 Å². The highest BCUT2D eigenvalue weighted by atomic mass is 32.1. The van der Waals surface area contributed by atoms with Crippen LogP contribution < -0.4 is 11.1 Å². The minimum atomic E-state index is -0.0574. The number of hydrogen-bond acceptors (Lipinski definition) is 3. The zero-order valence-electron chi connectivity index (χ0n) is 11.1. The van der Waals surface area contributed by atoms with Crippen molar-refractivity contribution in [3.8, 4) is 11.8 Å². The molecule has 1 heterocycles. The van der Waals surface area contributed by atoms with Crippen LogP contribution in [0.25, 0.3) is 0 Å². The van der Waals surface area contributed by atoms with Crippen molar-refractivity contribution < 1.29 is 4.79 Å². The molecule has 0 unspecified atom stereocenters. The maximum atomic E-state index is 11.9. The Morgan fingerprint density at radius 2 is 2.10 bits per heavy atom. The molecule has 2 rings (SSSR count). The molecule has 0 fully saturated rings. The van der Waals surface area contributed by atoms with Crippen LogP contribution >= 0.6 is 11.3 Å². The predicted octanol–water partition coefficient (Wildman–Crippen LogP) is 2.03. The van der Waals surface area contributed by atoms with E-state index in [0.29, 0.717) is 18.7 Å². The summed E-state index contributed by atoms with van der Waals surface area (Å²) < 4.78 is 0. The minimum absolute atomic E-state index is 0.0574. The van der Waals surface area contributed by atoms with Gasteiger partial charge in [-0.3, -0.25) is 4.79 Å². The Kier molecular flexibility index (Phi) is 5.36. The molecule has 0 saturated carbocycles. The van der Waals surface area contributed by atoms with E-state index >= 15 is 0 Å². The summed E-state index contributed by atoms with van der Waals surface area (Å²) >= 11 is 1.46. The molecule has 0 atom stereocenters. The van der Waals surface area contributed by atoms with Crippen molar-refractivity contribution in [3.05, 3.63) is 57.8 Å². The average Bonchev–Trinajstić information content (AvgIpc) is 2.95. The third-order valence-electron chi connectivity index (χ3n) is 2.72. The lowest BCUT2D eigenvalue weighted by Gasteiger charge is -2.03. The fourth-order valence-corrected chi connectivity index (χ4v) is 2.48. The van der Waals surface area contributed by atoms with Crippen LogP contribution in [0.1, 0.15) is 20.8 Å². The fraction of sp³-hybridized carbons (Fsp3) is 0.188. The first-order valence-corrected chi connectivity index (χ1v) is 7.27. The quantitative estimate of drug-likeness (QED) is 0.844. The van der Waals surface area contributed by atoms with Gasteiger partial charge in [-0.2, -0.15) is 0 Å². The van der Waals surface area contributed by atoms with E-state index in [0.717, 1.165) is 11.3 Å². The van der Waals surface area contributed by atoms with Gasteiger partial charge < -0.3 is 11.1 Å². The van der Waals surface area contributed by atoms with Crippen molar-refractivity contribution in [2.24, 2.45) is 5.73 Å². The number of rotatable bonds is 4. The summed E-state index contributed by atoms with van der Waals surface area (Å²) in [5, 5.41) is 4.73. The maximum Gasteiger partial charge on any atom is 0.252 e. The fourth-order valence-electron chi connectivity index (χ4n) is 1.73. The van der Waals surface area contributed by atoms with Crippen LogP contribution in [0.3, 0.4) is 0 Å². The highest BCUT2D eigenvalue weighted by Crippen LogP contribution is 2.13. The molecule has 0 radical (unpaired) electrons. The van der Waals surface area contributed by atoms with Gasteiger partial charge in [0.15, 0.2) is 0 Å². The minimum Gasteiger partial charge on any atom is -0.352 e. The largest absolute Gasteiger partial charge is 0.352 e. The number of amides is 1. The Labute approximate surface area is 122 Å². The summed E-state index contributed by atoms with van der Waals surface area (Å²) in [7, 11) is 0. The highest BCUT2D eigenvalue weighted by Gasteiger charge is 2.07. The molecule has 0 bridgehead atoms. The van der Waals surface area contributed by atoms with Crippen LogP contribution in [0.15, 0.2) is 41.8 Å². The van der Waals surface area contributed by atoms with Crippen molar-refractivity contribution in [1.29, 1.82) is 0 Å². The molecule has 0 spiro atoms. The zero-order chi connectivity index (χ0) is 14.2. The van der Waals surface area contributed by atoms with Gasteiger partial charge in [-0.1, -0.05) is 42.2 Å². The van der Waals surface area contributed by atoms with E-state index in [-0.39, 0.29) is 5.91 Å². The van der Waals surface area contributed by atoms with Gasteiger partial charge >= 0.3 is 0 Å². The molecule has 0 saturated heterocycles. The Hall–Kier alpha value is -2.09. The molecule has 1 amide bonds. The van der Waals surface area contributed by atoms with E-state index < -0.39 is 0 Å². The molecule has 2 aromatic rings. The Morgan fingerprint density at radius 3 is 2.85 bits per heavy atom. The molecule has 3 N–H and O–H groups in total. The van der Waals surface area contributed by atoms with E-state index in [2.05, 4.69) is 29.3 Å². The van der Waals surface area contributed by atoms with Crippen molar-refractivity contribution >= 4 is 17.2 Å². The number of nitrogens with two attached hydrogens (primary N) is 1. The first-order chi connectivity index (χ1) is 9.79. The van der Waals surface area contributed by atoms with E-state index in [9.17, 15) is 4.79 Å². The summed E-state index contributed by atoms with van der Waals surface area (Å²) in [5.74, 6) is 5.65. The van der Waals surface area contributed by atoms with Crippen molar-refractivity contribution in [1.82, 2.24) is 5.32 Å². The SMILES string of the molecule is NCC#Cc1cc(C(=O)NCCc2ccccc2)cs1. The molecule has 0 aliphatic heterocycles. The number of carbonyl (C=O) groups excluding carboxylic acids is 1. The van der Waals surface area contributed by atoms with Gasteiger partial charge in [0.25, 0.3) is 5.91 Å². The topological polar surface area (TPSA) is 55.1 Å². The third-order valence-corrected chi connectivity index (χ3v) is 3.56. The van der Waals surface area contributed by atoms with E-state index in [4.69, 9.17) is 5.73 Å². The van der Waals surface area contributed by atoms with Crippen LogP contribution in [-0.4, -0.2) is 19.0 Å². The number of nitrogens with one attached hydrogen (secondary N) is 1. The smallest absolute Gasteiger partial charge is 0.252 e. The monoisotopic (exact) mass is 284 g/mol. The highest BCUT2D eigenvalue weighted by molar-refractivity contribution is 7.10. The summed E-state index contributed by atoms with van der Waals surface area (Å²) in [6, 6.07) is 11.9. The Bertz CT molecular complexity index is 623. The lowest BCUT2D eigenvalue weighted by molar-refractivity contribution is 0.0954. The van der Waals surface area contributed by atoms with Crippen LogP contribution in [0.4, 0.5) is 0 Å². The van der Waals surface area contributed by atoms with Gasteiger partial charge in [-0.15, -0.1) is 11.3 Å². The standard InChI is InChI=1S/C16H16N2OS/c17-9-4-7-15-11-14(12-20-15)16(19)18-10-8-13-5-2-1-3-6-13/h1-3,5-6,11-12H,8-10,17H2,(H,18,19). The van der Waals surface area contributed by atoms with Crippen LogP contribution in [0, 0.1) is 11.8 Å². The maximum absolute atomic E-state index is 11.9. The second-order valence-corrected chi connectivity index (χ2v) is 5.11. The molecule has 1 aromatic heterocycles. The Morgan fingerprint density at radius 1 is 1.30 bits per heavy atom. The zero-order valence-corrected chi connectivity index (χ0v) is 11.9. The first-order valence-electron chi connectivity index (χ1n) is 6.39. The second kappa shape index (κ2) is 7.49. The summed E-state index contributed by atoms with van der Waals surface area (Å²) in [4.78, 5) is 12.8. The number of benzene rings is 1. The van der Waals surface area contributed by atoms with Crippen LogP contribution in [0.5, 0.6) is 0 Å². The van der Waals surface area contributed by atoms with E-state index in [1.54, 1.807) is 6.07 Å². The summed E-state index contributed by atoms with van der Waals surface area (Å²) in [6.45, 7) is 0.957. The molecular weight excluding hydrogens is 268 g/mol. The molecule has 102 valence electrons. The van der Waals surface area contributed by atoms with Gasteiger partial charge in [-0.25, -0.2) is 0 Å². The summed E-state index contributed by atoms with van der Waals surface area (Å²) in [6.07, 6.45) is 0.830. The van der Waals surface area contributed by atoms with E-state index in [1.807, 2.05) is 23.6 Å². The Balaban J connectivity index is 1.84. The molecule has 4 heteroatoms. The molecule has 1 aromatic carbocycles. The van der Waals surface area contributed by atoms with Gasteiger partial charge in [0.2, 0.25) is 0 Å². The molecule has 3 nitrogen and oxygen atoms in total. The average molecular weight is 284 g/mol. The summed E-state index contributed by atoms with van der Waals surface area (Å²) in [5.41, 5.74) is 7.19. The third kappa shape index (κ3) is 4.23. The molecule has 20 heavy (non-hydrogen) atoms. The number of thiophene rings is 1. The van der Waals surface area contributed by atoms with Crippen molar-refractivity contribution in [3.63, 3.8) is 0 Å². The van der Waals surface area contributed by atoms with Crippen LogP contribution in [0.2, 0.25) is 0 Å². The van der Waals surface area contributed by atoms with Crippen molar-refractivity contribution in [2.75, 3.05) is 13.1 Å². The number of carbonyl (C=O) groups is 1. The lowest BCUT2D eigenvalue weighted by atomic mass is 10.1. The first kappa shape index (κ1) is 14.3. The van der Waals surface area contributed by atoms with Crippen molar-refractivity contribution in [2.45, 2.75) is 6.42 Å². The molecule has 0 aliphatic carbocycles. The molecular formula is C16H16N2OS. The normalized spacial score (nSPS) is 9.65. The lowest BCUT2D eigenvalue weighted by Crippen LogP contribution is -2.25. The molecule has 0 aliphatic rings. The van der Waals surface area contributed by atoms with Gasteiger partial charge in [0, 0.05) is 11.9 Å².